The highest BCUT2D eigenvalue weighted by Crippen LogP contribution is 2.31. The number of nitrogens with zero attached hydrogens (tertiary/aromatic N) is 2. The maximum atomic E-state index is 12.8. The number of hydrogen-bond donors (Lipinski definition) is 2. The lowest BCUT2D eigenvalue weighted by Crippen LogP contribution is -2.39. The molecule has 0 bridgehead atoms. The van der Waals surface area contributed by atoms with Crippen LogP contribution in [-0.2, 0) is 32.3 Å². The Morgan fingerprint density at radius 2 is 1.62 bits per heavy atom. The molecule has 1 amide bonds. The molecule has 1 aliphatic rings. The van der Waals surface area contributed by atoms with E-state index in [-0.39, 0.29) is 36.8 Å². The number of hydrogen-bond acceptors (Lipinski definition) is 9. The Bertz CT molecular complexity index is 1410. The number of carbonyl (C=O) groups excluding carboxylic acids is 1. The van der Waals surface area contributed by atoms with Crippen molar-refractivity contribution in [2.45, 2.75) is 49.7 Å². The third-order valence-electron chi connectivity index (χ3n) is 6.44. The van der Waals surface area contributed by atoms with E-state index < -0.39 is 39.4 Å². The Balaban J connectivity index is 1.36. The van der Waals surface area contributed by atoms with Crippen LogP contribution >= 0.6 is 0 Å². The van der Waals surface area contributed by atoms with Gasteiger partial charge in [0.2, 0.25) is 0 Å². The number of nitro benzene ring substituents is 1. The molecule has 39 heavy (non-hydrogen) atoms. The second-order valence-electron chi connectivity index (χ2n) is 9.30. The van der Waals surface area contributed by atoms with Gasteiger partial charge >= 0.3 is 6.09 Å². The Morgan fingerprint density at radius 3 is 2.23 bits per heavy atom. The van der Waals surface area contributed by atoms with E-state index in [2.05, 4.69) is 0 Å². The van der Waals surface area contributed by atoms with Crippen molar-refractivity contribution in [3.05, 3.63) is 105 Å². The third kappa shape index (κ3) is 6.98. The zero-order valence-electron chi connectivity index (χ0n) is 21.0. The van der Waals surface area contributed by atoms with E-state index in [9.17, 15) is 33.5 Å². The molecule has 1 fully saturated rings. The highest BCUT2D eigenvalue weighted by atomic mass is 32.2. The standard InChI is InChI=1S/C27H28N2O9S/c1-18-2-12-24(13-3-18)39(35,36)38-17-20-4-8-21(9-5-20)26(31)25-14-23(30)15-28(25)27(32)37-16-19-6-10-22(11-7-19)29(33)34/h2-13,23,25-26,30-31H,14-17H2,1H3/t23-,25+,26?/m1/s1. The Hall–Kier alpha value is -3.84. The molecule has 11 nitrogen and oxygen atoms in total. The first-order valence-corrected chi connectivity index (χ1v) is 13.5. The van der Waals surface area contributed by atoms with Crippen LogP contribution in [0, 0.1) is 17.0 Å². The van der Waals surface area contributed by atoms with E-state index in [0.29, 0.717) is 16.7 Å². The highest BCUT2D eigenvalue weighted by Gasteiger charge is 2.40. The van der Waals surface area contributed by atoms with Crippen LogP contribution in [0.5, 0.6) is 0 Å². The fourth-order valence-corrected chi connectivity index (χ4v) is 5.14. The average molecular weight is 557 g/mol. The lowest BCUT2D eigenvalue weighted by Gasteiger charge is -2.28. The summed E-state index contributed by atoms with van der Waals surface area (Å²) >= 11 is 0. The number of aliphatic hydroxyl groups excluding tert-OH is 2. The molecule has 0 aromatic heterocycles. The van der Waals surface area contributed by atoms with Crippen LogP contribution in [-0.4, -0.2) is 53.2 Å². The Kier molecular flexibility index (Phi) is 8.60. The molecule has 1 unspecified atom stereocenters. The fraction of sp³-hybridized carbons (Fsp3) is 0.296. The molecular weight excluding hydrogens is 528 g/mol. The smallest absolute Gasteiger partial charge is 0.410 e. The summed E-state index contributed by atoms with van der Waals surface area (Å²) in [5.41, 5.74) is 2.42. The van der Waals surface area contributed by atoms with Crippen molar-refractivity contribution in [3.63, 3.8) is 0 Å². The molecule has 3 aromatic carbocycles. The number of likely N-dealkylation sites (tertiary alicyclic amines) is 1. The second-order valence-corrected chi connectivity index (χ2v) is 10.9. The molecule has 0 saturated carbocycles. The summed E-state index contributed by atoms with van der Waals surface area (Å²) in [6.07, 6.45) is -2.59. The first kappa shape index (κ1) is 28.2. The topological polar surface area (TPSA) is 157 Å². The van der Waals surface area contributed by atoms with Gasteiger partial charge in [0.25, 0.3) is 15.8 Å². The van der Waals surface area contributed by atoms with Crippen molar-refractivity contribution >= 4 is 21.9 Å². The van der Waals surface area contributed by atoms with E-state index in [1.54, 1.807) is 36.4 Å². The van der Waals surface area contributed by atoms with Gasteiger partial charge in [-0.25, -0.2) is 4.79 Å². The second kappa shape index (κ2) is 11.9. The van der Waals surface area contributed by atoms with Crippen LogP contribution in [0.3, 0.4) is 0 Å². The minimum Gasteiger partial charge on any atom is -0.445 e. The van der Waals surface area contributed by atoms with Crippen LogP contribution in [0.4, 0.5) is 10.5 Å². The summed E-state index contributed by atoms with van der Waals surface area (Å²) in [4.78, 5) is 24.3. The predicted octanol–water partition coefficient (Wildman–Crippen LogP) is 3.61. The van der Waals surface area contributed by atoms with Crippen molar-refractivity contribution in [2.75, 3.05) is 6.54 Å². The van der Waals surface area contributed by atoms with E-state index in [4.69, 9.17) is 8.92 Å². The highest BCUT2D eigenvalue weighted by molar-refractivity contribution is 7.86. The first-order valence-electron chi connectivity index (χ1n) is 12.1. The minimum absolute atomic E-state index is 0.0242. The number of benzene rings is 3. The molecule has 0 radical (unpaired) electrons. The van der Waals surface area contributed by atoms with E-state index in [0.717, 1.165) is 5.56 Å². The number of aliphatic hydroxyl groups is 2. The Morgan fingerprint density at radius 1 is 1.03 bits per heavy atom. The quantitative estimate of drug-likeness (QED) is 0.228. The van der Waals surface area contributed by atoms with Crippen LogP contribution < -0.4 is 0 Å². The number of carbonyl (C=O) groups is 1. The van der Waals surface area contributed by atoms with Gasteiger partial charge in [-0.2, -0.15) is 8.42 Å². The maximum absolute atomic E-state index is 12.8. The van der Waals surface area contributed by atoms with Crippen molar-refractivity contribution in [3.8, 4) is 0 Å². The number of ether oxygens (including phenoxy) is 1. The zero-order chi connectivity index (χ0) is 28.2. The van der Waals surface area contributed by atoms with Crippen molar-refractivity contribution in [1.29, 1.82) is 0 Å². The maximum Gasteiger partial charge on any atom is 0.410 e. The summed E-state index contributed by atoms with van der Waals surface area (Å²) in [5, 5.41) is 32.0. The third-order valence-corrected chi connectivity index (χ3v) is 7.72. The van der Waals surface area contributed by atoms with Crippen LogP contribution in [0.15, 0.2) is 77.7 Å². The van der Waals surface area contributed by atoms with Crippen molar-refractivity contribution in [1.82, 2.24) is 4.90 Å². The van der Waals surface area contributed by atoms with E-state index in [1.807, 2.05) is 6.92 Å². The number of amides is 1. The molecule has 2 N–H and O–H groups in total. The number of non-ortho nitro benzene ring substituents is 1. The first-order chi connectivity index (χ1) is 18.5. The summed E-state index contributed by atoms with van der Waals surface area (Å²) in [6, 6.07) is 17.6. The lowest BCUT2D eigenvalue weighted by molar-refractivity contribution is -0.384. The van der Waals surface area contributed by atoms with Crippen molar-refractivity contribution < 1.29 is 37.3 Å². The zero-order valence-corrected chi connectivity index (χ0v) is 21.9. The summed E-state index contributed by atoms with van der Waals surface area (Å²) < 4.78 is 35.3. The molecule has 0 spiro atoms. The van der Waals surface area contributed by atoms with Gasteiger partial charge in [0.1, 0.15) is 6.61 Å². The lowest BCUT2D eigenvalue weighted by atomic mass is 9.99. The minimum atomic E-state index is -3.93. The normalized spacial score (nSPS) is 18.1. The number of aryl methyl sites for hydroxylation is 1. The SMILES string of the molecule is Cc1ccc(S(=O)(=O)OCc2ccc(C(O)[C@@H]3C[C@@H](O)CN3C(=O)OCc3ccc([N+](=O)[O-])cc3)cc2)cc1. The Labute approximate surface area is 225 Å². The summed E-state index contributed by atoms with van der Waals surface area (Å²) in [7, 11) is -3.93. The molecule has 4 rings (SSSR count). The van der Waals surface area contributed by atoms with Gasteiger partial charge in [0, 0.05) is 12.1 Å². The number of rotatable bonds is 9. The van der Waals surface area contributed by atoms with Crippen LogP contribution in [0.2, 0.25) is 0 Å². The predicted molar refractivity (Wildman–Crippen MR) is 139 cm³/mol. The monoisotopic (exact) mass is 556 g/mol. The summed E-state index contributed by atoms with van der Waals surface area (Å²) in [6.45, 7) is 1.50. The average Bonchev–Trinajstić information content (AvgIpc) is 3.32. The largest absolute Gasteiger partial charge is 0.445 e. The van der Waals surface area contributed by atoms with Gasteiger partial charge in [0.05, 0.1) is 41.2 Å². The van der Waals surface area contributed by atoms with Gasteiger partial charge in [-0.15, -0.1) is 0 Å². The molecule has 1 aliphatic heterocycles. The summed E-state index contributed by atoms with van der Waals surface area (Å²) in [5.74, 6) is 0. The van der Waals surface area contributed by atoms with E-state index in [1.165, 1.54) is 41.3 Å². The van der Waals surface area contributed by atoms with Crippen LogP contribution in [0.25, 0.3) is 0 Å². The van der Waals surface area contributed by atoms with E-state index >= 15 is 0 Å². The number of nitro groups is 1. The molecule has 1 saturated heterocycles. The molecule has 12 heteroatoms. The molecule has 3 aromatic rings. The fourth-order valence-electron chi connectivity index (χ4n) is 4.25. The van der Waals surface area contributed by atoms with Gasteiger partial charge in [0.15, 0.2) is 0 Å². The van der Waals surface area contributed by atoms with Gasteiger partial charge in [-0.3, -0.25) is 19.2 Å². The molecule has 1 heterocycles. The van der Waals surface area contributed by atoms with Gasteiger partial charge in [-0.1, -0.05) is 42.0 Å². The molecule has 206 valence electrons. The molecule has 3 atom stereocenters. The molecule has 0 aliphatic carbocycles. The molecular formula is C27H28N2O9S. The number of β-amino-alcohol motifs (C(OH)–C–C–N with tert-alkyl or cyclic N) is 1. The van der Waals surface area contributed by atoms with Crippen LogP contribution in [0.1, 0.15) is 34.8 Å². The van der Waals surface area contributed by atoms with Gasteiger partial charge in [-0.05, 0) is 54.3 Å². The van der Waals surface area contributed by atoms with Gasteiger partial charge < -0.3 is 14.9 Å². The van der Waals surface area contributed by atoms with Crippen molar-refractivity contribution in [2.24, 2.45) is 0 Å².